The Morgan fingerprint density at radius 3 is 1.28 bits per heavy atom. The van der Waals surface area contributed by atoms with Crippen LogP contribution in [0.25, 0.3) is 0 Å². The van der Waals surface area contributed by atoms with Gasteiger partial charge < -0.3 is 61.1 Å². The number of nitrogens with one attached hydrogen (secondary N) is 2. The Balaban J connectivity index is 0.827. The van der Waals surface area contributed by atoms with Gasteiger partial charge in [-0.2, -0.15) is 0 Å². The largest absolute Gasteiger partial charge is 0.484 e. The topological polar surface area (TPSA) is 228 Å². The van der Waals surface area contributed by atoms with E-state index in [2.05, 4.69) is 10.6 Å². The average molecular weight is 795 g/mol. The summed E-state index contributed by atoms with van der Waals surface area (Å²) in [6.45, 7) is 0.161. The van der Waals surface area contributed by atoms with E-state index in [1.54, 1.807) is 72.8 Å². The molecule has 8 N–H and O–H groups in total. The summed E-state index contributed by atoms with van der Waals surface area (Å²) in [4.78, 5) is 53.8. The zero-order chi connectivity index (χ0) is 40.9. The predicted molar refractivity (Wildman–Crippen MR) is 208 cm³/mol. The number of carbonyl (C=O) groups is 4. The van der Waals surface area contributed by atoms with Crippen LogP contribution in [0.2, 0.25) is 0 Å². The number of rotatable bonds is 14. The zero-order valence-electron chi connectivity index (χ0n) is 31.7. The van der Waals surface area contributed by atoms with Crippen LogP contribution in [-0.2, 0) is 45.2 Å². The van der Waals surface area contributed by atoms with E-state index in [-0.39, 0.29) is 51.2 Å². The lowest BCUT2D eigenvalue weighted by molar-refractivity contribution is -0.396. The van der Waals surface area contributed by atoms with Gasteiger partial charge in [-0.05, 0) is 70.8 Å². The number of nitrogens with two attached hydrogens (primary N) is 2. The van der Waals surface area contributed by atoms with Gasteiger partial charge in [0.05, 0.1) is 26.2 Å². The van der Waals surface area contributed by atoms with Gasteiger partial charge in [0.1, 0.15) is 23.7 Å². The number of hydrogen-bond acceptors (Lipinski definition) is 12. The number of hydrogen-bond donors (Lipinski definition) is 6. The monoisotopic (exact) mass is 794 g/mol. The molecule has 4 atom stereocenters. The third kappa shape index (κ3) is 9.29. The zero-order valence-corrected chi connectivity index (χ0v) is 31.7. The molecule has 4 aromatic carbocycles. The van der Waals surface area contributed by atoms with Crippen molar-refractivity contribution < 1.29 is 48.3 Å². The molecule has 4 amide bonds. The van der Waals surface area contributed by atoms with E-state index >= 15 is 0 Å². The third-order valence-corrected chi connectivity index (χ3v) is 10.4. The van der Waals surface area contributed by atoms with Crippen molar-refractivity contribution in [3.05, 3.63) is 130 Å². The number of nitrogens with zero attached hydrogens (tertiary/aromatic N) is 2. The molecule has 0 bridgehead atoms. The third-order valence-electron chi connectivity index (χ3n) is 10.4. The summed E-state index contributed by atoms with van der Waals surface area (Å²) >= 11 is 0. The Hall–Kier alpha value is -5.88. The highest BCUT2D eigenvalue weighted by Crippen LogP contribution is 2.41. The number of fused-ring (bicyclic) bond motifs is 2. The van der Waals surface area contributed by atoms with E-state index in [0.29, 0.717) is 48.8 Å². The van der Waals surface area contributed by atoms with Crippen LogP contribution in [0.3, 0.4) is 0 Å². The predicted octanol–water partition coefficient (Wildman–Crippen LogP) is 0.767. The highest BCUT2D eigenvalue weighted by molar-refractivity contribution is 5.94. The van der Waals surface area contributed by atoms with E-state index in [1.165, 1.54) is 9.80 Å². The van der Waals surface area contributed by atoms with Gasteiger partial charge in [-0.25, -0.2) is 0 Å². The van der Waals surface area contributed by atoms with Crippen LogP contribution in [0.4, 0.5) is 0 Å². The summed E-state index contributed by atoms with van der Waals surface area (Å²) in [5.74, 6) is -4.22. The molecule has 16 nitrogen and oxygen atoms in total. The molecule has 0 spiro atoms. The van der Waals surface area contributed by atoms with Crippen molar-refractivity contribution in [3.8, 4) is 11.5 Å². The number of aliphatic hydroxyl groups is 2. The fourth-order valence-corrected chi connectivity index (χ4v) is 6.96. The van der Waals surface area contributed by atoms with Crippen LogP contribution in [0.5, 0.6) is 11.5 Å². The molecule has 0 aromatic heterocycles. The van der Waals surface area contributed by atoms with Crippen LogP contribution in [0, 0.1) is 0 Å². The number of likely N-dealkylation sites (tertiary alicyclic amines) is 2. The van der Waals surface area contributed by atoms with Crippen LogP contribution in [-0.4, -0.2) is 107 Å². The minimum Gasteiger partial charge on any atom is -0.484 e. The molecular weight excluding hydrogens is 748 g/mol. The minimum atomic E-state index is -1.91. The summed E-state index contributed by atoms with van der Waals surface area (Å²) in [5.41, 5.74) is 15.8. The van der Waals surface area contributed by atoms with Crippen molar-refractivity contribution in [1.29, 1.82) is 0 Å². The number of amides is 4. The van der Waals surface area contributed by atoms with Gasteiger partial charge in [0.15, 0.2) is 13.2 Å². The van der Waals surface area contributed by atoms with E-state index in [4.69, 9.17) is 30.4 Å². The lowest BCUT2D eigenvalue weighted by Crippen LogP contribution is -2.63. The highest BCUT2D eigenvalue weighted by atomic mass is 16.7. The van der Waals surface area contributed by atoms with Gasteiger partial charge in [0, 0.05) is 37.3 Å². The minimum absolute atomic E-state index is 0.0695. The fourth-order valence-electron chi connectivity index (χ4n) is 6.96. The van der Waals surface area contributed by atoms with Gasteiger partial charge in [-0.1, -0.05) is 48.5 Å². The molecular formula is C42H46N6O10. The van der Waals surface area contributed by atoms with E-state index in [1.807, 2.05) is 24.3 Å². The Morgan fingerprint density at radius 1 is 0.586 bits per heavy atom. The Labute approximate surface area is 334 Å². The van der Waals surface area contributed by atoms with Crippen LogP contribution in [0.15, 0.2) is 97.1 Å². The molecule has 3 heterocycles. The van der Waals surface area contributed by atoms with Gasteiger partial charge in [0.2, 0.25) is 11.6 Å². The van der Waals surface area contributed by atoms with Gasteiger partial charge >= 0.3 is 0 Å². The molecule has 0 aliphatic carbocycles. The molecule has 0 radical (unpaired) electrons. The number of carbonyl (C=O) groups excluding carboxylic acids is 4. The SMILES string of the molecule is NCc1ccc(C(=O)NCc2ccc(OCC(=O)N3C[C@@H]4O[C@]5(O)CN(C(=O)COc6ccc(CNC(=O)c7ccc(CN)cc7)cc6)C[C@@H]5O[C@]4(O)C3)cc2)cc1. The van der Waals surface area contributed by atoms with Crippen LogP contribution < -0.4 is 31.6 Å². The Morgan fingerprint density at radius 2 is 0.931 bits per heavy atom. The Bertz CT molecular complexity index is 1950. The van der Waals surface area contributed by atoms with E-state index in [0.717, 1.165) is 22.3 Å². The summed E-state index contributed by atoms with van der Waals surface area (Å²) in [7, 11) is 0. The maximum Gasteiger partial charge on any atom is 0.260 e. The maximum absolute atomic E-state index is 13.1. The lowest BCUT2D eigenvalue weighted by Gasteiger charge is -2.43. The molecule has 4 aromatic rings. The van der Waals surface area contributed by atoms with Crippen LogP contribution >= 0.6 is 0 Å². The molecule has 0 unspecified atom stereocenters. The first-order valence-electron chi connectivity index (χ1n) is 18.9. The number of β-amino-alcohol motifs (C(OH)–C–C–N with tert-alkyl or cyclic N) is 2. The second kappa shape index (κ2) is 17.3. The van der Waals surface area contributed by atoms with E-state index in [9.17, 15) is 29.4 Å². The van der Waals surface area contributed by atoms with E-state index < -0.39 is 35.6 Å². The first-order valence-corrected chi connectivity index (χ1v) is 18.9. The molecule has 304 valence electrons. The van der Waals surface area contributed by atoms with Gasteiger partial charge in [-0.15, -0.1) is 0 Å². The average Bonchev–Trinajstić information content (AvgIpc) is 3.76. The first kappa shape index (κ1) is 40.3. The van der Waals surface area contributed by atoms with Crippen molar-refractivity contribution in [2.75, 3.05) is 39.4 Å². The highest BCUT2D eigenvalue weighted by Gasteiger charge is 2.63. The standard InChI is InChI=1S/C42H46N6O10/c43-17-27-1-9-31(10-2-27)39(51)45-19-29-5-13-33(14-6-29)55-23-37(49)47-21-35-41(53,25-47)58-36-22-48(26-42(36,54)57-35)38(50)24-56-34-15-7-30(8-16-34)20-46-40(52)32-11-3-28(18-44)4-12-32/h1-16,35-36,53-54H,17-26,43-44H2,(H,45,51)(H,46,52)/t35-,36-,41+,42+/m0/s1. The molecule has 0 saturated carbocycles. The van der Waals surface area contributed by atoms with Crippen molar-refractivity contribution in [2.45, 2.75) is 50.0 Å². The maximum atomic E-state index is 13.1. The number of benzene rings is 4. The lowest BCUT2D eigenvalue weighted by atomic mass is 10.1. The number of ether oxygens (including phenoxy) is 4. The molecule has 7 rings (SSSR count). The quantitative estimate of drug-likeness (QED) is 0.104. The van der Waals surface area contributed by atoms with Crippen molar-refractivity contribution >= 4 is 23.6 Å². The summed E-state index contributed by atoms with van der Waals surface area (Å²) in [6, 6.07) is 28.0. The fraction of sp³-hybridized carbons (Fsp3) is 0.333. The second-order valence-electron chi connectivity index (χ2n) is 14.5. The van der Waals surface area contributed by atoms with Crippen molar-refractivity contribution in [1.82, 2.24) is 20.4 Å². The summed E-state index contributed by atoms with van der Waals surface area (Å²) < 4.78 is 23.3. The smallest absolute Gasteiger partial charge is 0.260 e. The molecule has 58 heavy (non-hydrogen) atoms. The summed E-state index contributed by atoms with van der Waals surface area (Å²) in [6.07, 6.45) is -2.14. The first-order chi connectivity index (χ1) is 27.9. The van der Waals surface area contributed by atoms with Crippen molar-refractivity contribution in [2.24, 2.45) is 11.5 Å². The van der Waals surface area contributed by atoms with Crippen LogP contribution in [0.1, 0.15) is 43.0 Å². The Kier molecular flexibility index (Phi) is 12.0. The second-order valence-corrected chi connectivity index (χ2v) is 14.5. The van der Waals surface area contributed by atoms with Crippen molar-refractivity contribution in [3.63, 3.8) is 0 Å². The normalized spacial score (nSPS) is 22.1. The molecule has 3 aliphatic rings. The van der Waals surface area contributed by atoms with Gasteiger partial charge in [0.25, 0.3) is 23.6 Å². The molecule has 16 heteroatoms. The summed E-state index contributed by atoms with van der Waals surface area (Å²) in [5, 5.41) is 28.4. The molecule has 3 aliphatic heterocycles. The van der Waals surface area contributed by atoms with Gasteiger partial charge in [-0.3, -0.25) is 19.2 Å². The molecule has 3 saturated heterocycles. The molecule has 3 fully saturated rings.